The van der Waals surface area contributed by atoms with Gasteiger partial charge in [0.25, 0.3) is 5.91 Å². The van der Waals surface area contributed by atoms with Crippen LogP contribution in [0.5, 0.6) is 6.01 Å². The fraction of sp³-hybridized carbons (Fsp3) is 0.136. The molecule has 4 rings (SSSR count). The van der Waals surface area contributed by atoms with Crippen molar-refractivity contribution < 1.29 is 23.1 Å². The van der Waals surface area contributed by atoms with E-state index < -0.39 is 11.7 Å². The highest BCUT2D eigenvalue weighted by Crippen LogP contribution is 2.25. The highest BCUT2D eigenvalue weighted by Gasteiger charge is 2.17. The largest absolute Gasteiger partial charge is 0.461 e. The van der Waals surface area contributed by atoms with E-state index in [1.165, 1.54) is 18.2 Å². The molecule has 0 unspecified atom stereocenters. The van der Waals surface area contributed by atoms with Gasteiger partial charge in [-0.2, -0.15) is 4.98 Å². The summed E-state index contributed by atoms with van der Waals surface area (Å²) in [4.78, 5) is 16.7. The molecule has 0 aliphatic rings. The number of ether oxygens (including phenoxy) is 2. The zero-order valence-electron chi connectivity index (χ0n) is 16.6. The van der Waals surface area contributed by atoms with Gasteiger partial charge in [0.15, 0.2) is 5.76 Å². The molecule has 0 aliphatic heterocycles. The predicted molar refractivity (Wildman–Crippen MR) is 111 cm³/mol. The van der Waals surface area contributed by atoms with Crippen LogP contribution in [0.1, 0.15) is 10.4 Å². The number of hydrogen-bond acceptors (Lipinski definition) is 6. The smallest absolute Gasteiger partial charge is 0.336 e. The van der Waals surface area contributed by atoms with Crippen LogP contribution in [-0.4, -0.2) is 41.0 Å². The molecule has 31 heavy (non-hydrogen) atoms. The second-order valence-electron chi connectivity index (χ2n) is 6.46. The molecule has 0 saturated heterocycles. The van der Waals surface area contributed by atoms with E-state index in [0.717, 1.165) is 0 Å². The number of amides is 1. The normalized spacial score (nSPS) is 10.8. The molecule has 0 fully saturated rings. The summed E-state index contributed by atoms with van der Waals surface area (Å²) in [5, 5.41) is 7.13. The molecule has 4 aromatic rings. The van der Waals surface area contributed by atoms with Crippen LogP contribution in [0.3, 0.4) is 0 Å². The van der Waals surface area contributed by atoms with E-state index in [1.54, 1.807) is 60.5 Å². The van der Waals surface area contributed by atoms with E-state index in [9.17, 15) is 9.18 Å². The van der Waals surface area contributed by atoms with Crippen molar-refractivity contribution in [2.24, 2.45) is 0 Å². The highest BCUT2D eigenvalue weighted by molar-refractivity contribution is 6.04. The van der Waals surface area contributed by atoms with Gasteiger partial charge in [-0.25, -0.2) is 9.07 Å². The minimum atomic E-state index is -0.469. The van der Waals surface area contributed by atoms with Gasteiger partial charge in [0, 0.05) is 18.4 Å². The van der Waals surface area contributed by atoms with Crippen LogP contribution in [0.25, 0.3) is 17.3 Å². The lowest BCUT2D eigenvalue weighted by molar-refractivity contribution is 0.102. The summed E-state index contributed by atoms with van der Waals surface area (Å²) in [6.07, 6.45) is 1.55. The molecule has 0 bridgehead atoms. The molecule has 2 aromatic carbocycles. The third kappa shape index (κ3) is 4.78. The zero-order valence-corrected chi connectivity index (χ0v) is 16.6. The molecule has 1 amide bonds. The topological polar surface area (TPSA) is 91.4 Å². The summed E-state index contributed by atoms with van der Waals surface area (Å²) in [5.41, 5.74) is 1.47. The van der Waals surface area contributed by atoms with E-state index in [2.05, 4.69) is 15.4 Å². The number of benzene rings is 2. The first-order chi connectivity index (χ1) is 15.1. The van der Waals surface area contributed by atoms with Crippen molar-refractivity contribution in [1.29, 1.82) is 0 Å². The molecule has 1 N–H and O–H groups in total. The number of carbonyl (C=O) groups is 1. The number of nitrogens with zero attached hydrogens (tertiary/aromatic N) is 3. The maximum atomic E-state index is 13.3. The van der Waals surface area contributed by atoms with Gasteiger partial charge >= 0.3 is 6.01 Å². The molecule has 0 saturated carbocycles. The summed E-state index contributed by atoms with van der Waals surface area (Å²) in [5.74, 6) is 0.118. The predicted octanol–water partition coefficient (Wildman–Crippen LogP) is 3.94. The molecular formula is C22H19FN4O4. The Kier molecular flexibility index (Phi) is 6.04. The van der Waals surface area contributed by atoms with Gasteiger partial charge in [-0.15, -0.1) is 5.10 Å². The van der Waals surface area contributed by atoms with Crippen LogP contribution in [-0.2, 0) is 4.74 Å². The van der Waals surface area contributed by atoms with Crippen LogP contribution in [0.2, 0.25) is 0 Å². The van der Waals surface area contributed by atoms with Crippen molar-refractivity contribution in [3.63, 3.8) is 0 Å². The van der Waals surface area contributed by atoms with Crippen molar-refractivity contribution >= 4 is 11.6 Å². The molecule has 2 heterocycles. The van der Waals surface area contributed by atoms with Crippen molar-refractivity contribution in [3.05, 3.63) is 78.3 Å². The van der Waals surface area contributed by atoms with Gasteiger partial charge < -0.3 is 19.2 Å². The van der Waals surface area contributed by atoms with Crippen molar-refractivity contribution in [1.82, 2.24) is 14.8 Å². The Bertz CT molecular complexity index is 1160. The van der Waals surface area contributed by atoms with Gasteiger partial charge in [0.1, 0.15) is 12.4 Å². The number of furan rings is 1. The van der Waals surface area contributed by atoms with Crippen molar-refractivity contribution in [3.8, 4) is 23.3 Å². The number of anilines is 1. The lowest BCUT2D eigenvalue weighted by Crippen LogP contribution is -2.12. The molecule has 0 radical (unpaired) electrons. The van der Waals surface area contributed by atoms with Crippen LogP contribution >= 0.6 is 0 Å². The first-order valence-corrected chi connectivity index (χ1v) is 9.44. The number of carbonyl (C=O) groups excluding carboxylic acids is 1. The number of hydrogen-bond donors (Lipinski definition) is 1. The van der Waals surface area contributed by atoms with Gasteiger partial charge in [-0.3, -0.25) is 4.79 Å². The average molecular weight is 422 g/mol. The van der Waals surface area contributed by atoms with E-state index in [-0.39, 0.29) is 11.6 Å². The summed E-state index contributed by atoms with van der Waals surface area (Å²) in [7, 11) is 1.58. The zero-order chi connectivity index (χ0) is 21.6. The van der Waals surface area contributed by atoms with E-state index in [0.29, 0.717) is 36.2 Å². The molecular weight excluding hydrogens is 403 g/mol. The standard InChI is InChI=1S/C22H19FN4O4/c1-29-12-13-31-22-25-20(19-6-3-11-30-19)27(26-22)18-9-7-17(8-10-18)24-21(28)15-4-2-5-16(23)14-15/h2-11,14H,12-13H2,1H3,(H,24,28). The minimum Gasteiger partial charge on any atom is -0.461 e. The maximum absolute atomic E-state index is 13.3. The van der Waals surface area contributed by atoms with Crippen LogP contribution < -0.4 is 10.1 Å². The fourth-order valence-electron chi connectivity index (χ4n) is 2.83. The summed E-state index contributed by atoms with van der Waals surface area (Å²) in [6.45, 7) is 0.716. The highest BCUT2D eigenvalue weighted by atomic mass is 19.1. The first-order valence-electron chi connectivity index (χ1n) is 9.44. The van der Waals surface area contributed by atoms with E-state index in [1.807, 2.05) is 0 Å². The summed E-state index contributed by atoms with van der Waals surface area (Å²) >= 11 is 0. The van der Waals surface area contributed by atoms with Gasteiger partial charge in [-0.1, -0.05) is 6.07 Å². The van der Waals surface area contributed by atoms with Gasteiger partial charge in [0.05, 0.1) is 18.6 Å². The van der Waals surface area contributed by atoms with E-state index in [4.69, 9.17) is 13.9 Å². The molecule has 158 valence electrons. The first kappa shape index (κ1) is 20.3. The second-order valence-corrected chi connectivity index (χ2v) is 6.46. The molecule has 8 nitrogen and oxygen atoms in total. The SMILES string of the molecule is COCCOc1nc(-c2ccco2)n(-c2ccc(NC(=O)c3cccc(F)c3)cc2)n1. The lowest BCUT2D eigenvalue weighted by atomic mass is 10.2. The van der Waals surface area contributed by atoms with Gasteiger partial charge in [-0.05, 0) is 54.6 Å². The Morgan fingerprint density at radius 2 is 1.97 bits per heavy atom. The third-order valence-electron chi connectivity index (χ3n) is 4.30. The Balaban J connectivity index is 1.56. The summed E-state index contributed by atoms with van der Waals surface area (Å²) < 4.78 is 30.9. The van der Waals surface area contributed by atoms with Crippen LogP contribution in [0.15, 0.2) is 71.3 Å². The molecule has 2 aromatic heterocycles. The fourth-order valence-corrected chi connectivity index (χ4v) is 2.83. The Morgan fingerprint density at radius 1 is 1.13 bits per heavy atom. The van der Waals surface area contributed by atoms with Crippen molar-refractivity contribution in [2.75, 3.05) is 25.6 Å². The number of nitrogens with one attached hydrogen (secondary N) is 1. The van der Waals surface area contributed by atoms with Gasteiger partial charge in [0.2, 0.25) is 5.82 Å². The minimum absolute atomic E-state index is 0.187. The van der Waals surface area contributed by atoms with Crippen LogP contribution in [0, 0.1) is 5.82 Å². The molecule has 0 atom stereocenters. The number of aromatic nitrogens is 3. The Hall–Kier alpha value is -3.98. The van der Waals surface area contributed by atoms with E-state index >= 15 is 0 Å². The maximum Gasteiger partial charge on any atom is 0.336 e. The second kappa shape index (κ2) is 9.23. The molecule has 9 heteroatoms. The Labute approximate surface area is 177 Å². The third-order valence-corrected chi connectivity index (χ3v) is 4.30. The monoisotopic (exact) mass is 422 g/mol. The Morgan fingerprint density at radius 3 is 2.68 bits per heavy atom. The molecule has 0 spiro atoms. The number of methoxy groups -OCH3 is 1. The quantitative estimate of drug-likeness (QED) is 0.433. The van der Waals surface area contributed by atoms with Crippen LogP contribution in [0.4, 0.5) is 10.1 Å². The summed E-state index contributed by atoms with van der Waals surface area (Å²) in [6, 6.07) is 16.2. The average Bonchev–Trinajstić information content (AvgIpc) is 3.44. The lowest BCUT2D eigenvalue weighted by Gasteiger charge is -2.08. The molecule has 0 aliphatic carbocycles. The number of rotatable bonds is 8. The van der Waals surface area contributed by atoms with Crippen molar-refractivity contribution in [2.45, 2.75) is 0 Å². The number of halogens is 1.